The van der Waals surface area contributed by atoms with Gasteiger partial charge in [0, 0.05) is 23.6 Å². The lowest BCUT2D eigenvalue weighted by Gasteiger charge is -2.52. The van der Waals surface area contributed by atoms with Crippen LogP contribution in [0.4, 0.5) is 0 Å². The van der Waals surface area contributed by atoms with Crippen molar-refractivity contribution < 1.29 is 9.84 Å². The Morgan fingerprint density at radius 2 is 1.96 bits per heavy atom. The summed E-state index contributed by atoms with van der Waals surface area (Å²) in [4.78, 5) is 2.64. The number of phenols is 1. The maximum absolute atomic E-state index is 10.3. The van der Waals surface area contributed by atoms with Gasteiger partial charge < -0.3 is 9.84 Å². The topological polar surface area (TPSA) is 32.7 Å². The van der Waals surface area contributed by atoms with Crippen LogP contribution in [0, 0.1) is 0 Å². The first-order valence-corrected chi connectivity index (χ1v) is 9.55. The molecule has 1 saturated carbocycles. The molecule has 5 rings (SSSR count). The summed E-state index contributed by atoms with van der Waals surface area (Å²) in [5.74, 6) is 1.06. The highest BCUT2D eigenvalue weighted by atomic mass is 16.5. The fourth-order valence-electron chi connectivity index (χ4n) is 5.42. The molecule has 2 aromatic rings. The van der Waals surface area contributed by atoms with E-state index in [9.17, 15) is 5.11 Å². The van der Waals surface area contributed by atoms with E-state index < -0.39 is 0 Å². The first-order chi connectivity index (χ1) is 12.3. The summed E-state index contributed by atoms with van der Waals surface area (Å²) >= 11 is 0. The van der Waals surface area contributed by atoms with Crippen LogP contribution in [0.25, 0.3) is 0 Å². The number of hydrogen-bond acceptors (Lipinski definition) is 3. The Labute approximate surface area is 149 Å². The molecule has 1 N–H and O–H groups in total. The van der Waals surface area contributed by atoms with E-state index in [0.717, 1.165) is 31.7 Å². The quantitative estimate of drug-likeness (QED) is 0.923. The molecule has 2 fully saturated rings. The van der Waals surface area contributed by atoms with Crippen LogP contribution >= 0.6 is 0 Å². The van der Waals surface area contributed by atoms with Gasteiger partial charge in [-0.05, 0) is 43.9 Å². The number of fused-ring (bicyclic) bond motifs is 1. The molecular formula is C22H25NO2. The molecule has 1 aliphatic carbocycles. The highest BCUT2D eigenvalue weighted by Gasteiger charge is 2.58. The molecule has 130 valence electrons. The Morgan fingerprint density at radius 1 is 1.08 bits per heavy atom. The van der Waals surface area contributed by atoms with Crippen LogP contribution in [0.3, 0.4) is 0 Å². The maximum atomic E-state index is 10.3. The second kappa shape index (κ2) is 5.77. The van der Waals surface area contributed by atoms with Crippen molar-refractivity contribution in [3.05, 3.63) is 59.7 Å². The van der Waals surface area contributed by atoms with Crippen LogP contribution in [0.2, 0.25) is 0 Å². The predicted octanol–water partition coefficient (Wildman–Crippen LogP) is 3.89. The summed E-state index contributed by atoms with van der Waals surface area (Å²) in [6.45, 7) is 2.22. The van der Waals surface area contributed by atoms with Crippen molar-refractivity contribution >= 4 is 0 Å². The van der Waals surface area contributed by atoms with Gasteiger partial charge in [0.15, 0.2) is 11.5 Å². The molecule has 2 heterocycles. The van der Waals surface area contributed by atoms with Crippen molar-refractivity contribution in [1.82, 2.24) is 4.90 Å². The van der Waals surface area contributed by atoms with Crippen molar-refractivity contribution in [2.45, 2.75) is 49.7 Å². The Morgan fingerprint density at radius 3 is 2.84 bits per heavy atom. The van der Waals surface area contributed by atoms with Gasteiger partial charge >= 0.3 is 0 Å². The van der Waals surface area contributed by atoms with Crippen LogP contribution in [0.1, 0.15) is 36.8 Å². The fraction of sp³-hybridized carbons (Fsp3) is 0.455. The summed E-state index contributed by atoms with van der Waals surface area (Å²) < 4.78 is 6.39. The smallest absolute Gasteiger partial charge is 0.165 e. The fourth-order valence-corrected chi connectivity index (χ4v) is 5.42. The number of hydrogen-bond donors (Lipinski definition) is 1. The van der Waals surface area contributed by atoms with Gasteiger partial charge in [-0.25, -0.2) is 0 Å². The normalized spacial score (nSPS) is 30.4. The van der Waals surface area contributed by atoms with E-state index in [1.54, 1.807) is 6.07 Å². The molecule has 3 nitrogen and oxygen atoms in total. The average Bonchev–Trinajstić information content (AvgIpc) is 3.00. The monoisotopic (exact) mass is 335 g/mol. The van der Waals surface area contributed by atoms with Crippen molar-refractivity contribution in [1.29, 1.82) is 0 Å². The summed E-state index contributed by atoms with van der Waals surface area (Å²) in [6.07, 6.45) is 6.08. The van der Waals surface area contributed by atoms with Crippen molar-refractivity contribution in [3.8, 4) is 11.5 Å². The van der Waals surface area contributed by atoms with Crippen LogP contribution in [0.15, 0.2) is 48.5 Å². The summed E-state index contributed by atoms with van der Waals surface area (Å²) in [5.41, 5.74) is 2.79. The Hall–Kier alpha value is -2.00. The molecule has 1 saturated heterocycles. The number of piperidine rings is 1. The molecular weight excluding hydrogens is 310 g/mol. The van der Waals surface area contributed by atoms with Crippen molar-refractivity contribution in [2.24, 2.45) is 0 Å². The second-order valence-corrected chi connectivity index (χ2v) is 7.83. The number of rotatable bonds is 3. The Kier molecular flexibility index (Phi) is 3.53. The molecule has 3 aliphatic rings. The van der Waals surface area contributed by atoms with Gasteiger partial charge in [-0.1, -0.05) is 48.9 Å². The zero-order valence-corrected chi connectivity index (χ0v) is 14.5. The Bertz CT molecular complexity index is 775. The molecule has 2 aromatic carbocycles. The minimum Gasteiger partial charge on any atom is -0.504 e. The van der Waals surface area contributed by atoms with E-state index >= 15 is 0 Å². The third-order valence-corrected chi connectivity index (χ3v) is 6.64. The lowest BCUT2D eigenvalue weighted by atomic mass is 9.62. The molecule has 3 atom stereocenters. The molecule has 0 amide bonds. The van der Waals surface area contributed by atoms with Crippen LogP contribution in [0.5, 0.6) is 11.5 Å². The molecule has 0 spiro atoms. The van der Waals surface area contributed by atoms with Gasteiger partial charge in [0.1, 0.15) is 6.10 Å². The molecule has 25 heavy (non-hydrogen) atoms. The van der Waals surface area contributed by atoms with E-state index in [1.165, 1.54) is 30.4 Å². The van der Waals surface area contributed by atoms with Gasteiger partial charge in [-0.3, -0.25) is 4.90 Å². The first kappa shape index (κ1) is 15.3. The minimum absolute atomic E-state index is 0.125. The Balaban J connectivity index is 1.40. The van der Waals surface area contributed by atoms with Crippen molar-refractivity contribution in [2.75, 3.05) is 13.1 Å². The van der Waals surface area contributed by atoms with Gasteiger partial charge in [-0.15, -0.1) is 0 Å². The number of likely N-dealkylation sites (tertiary alicyclic amines) is 1. The zero-order valence-electron chi connectivity index (χ0n) is 14.5. The largest absolute Gasteiger partial charge is 0.504 e. The van der Waals surface area contributed by atoms with Gasteiger partial charge in [0.25, 0.3) is 0 Å². The van der Waals surface area contributed by atoms with E-state index in [-0.39, 0.29) is 11.5 Å². The number of ether oxygens (including phenoxy) is 1. The summed E-state index contributed by atoms with van der Waals surface area (Å²) in [6, 6.07) is 17.1. The van der Waals surface area contributed by atoms with Gasteiger partial charge in [0.2, 0.25) is 0 Å². The standard InChI is InChI=1S/C22H25NO2/c24-19-10-4-8-17-20(19)25-21-18-9-5-12-22(17,21)13-15-23(18)14-11-16-6-2-1-3-7-16/h1-4,6-8,10,18,21,24H,5,9,11-15H2/t18-,21-,22-/m0/s1. The van der Waals surface area contributed by atoms with Gasteiger partial charge in [-0.2, -0.15) is 0 Å². The molecule has 0 radical (unpaired) electrons. The van der Waals surface area contributed by atoms with Crippen LogP contribution in [-0.4, -0.2) is 35.2 Å². The summed E-state index contributed by atoms with van der Waals surface area (Å²) in [5, 5.41) is 10.3. The van der Waals surface area contributed by atoms with E-state index in [0.29, 0.717) is 11.8 Å². The van der Waals surface area contributed by atoms with Gasteiger partial charge in [0.05, 0.1) is 0 Å². The SMILES string of the molecule is Oc1cccc2c1O[C@H]1[C@@H]3CCC[C@]21CCN3CCc1ccccc1. The highest BCUT2D eigenvalue weighted by molar-refractivity contribution is 5.54. The third-order valence-electron chi connectivity index (χ3n) is 6.64. The third kappa shape index (κ3) is 2.29. The first-order valence-electron chi connectivity index (χ1n) is 9.55. The zero-order chi connectivity index (χ0) is 16.9. The van der Waals surface area contributed by atoms with Crippen molar-refractivity contribution in [3.63, 3.8) is 0 Å². The number of aromatic hydroxyl groups is 1. The summed E-state index contributed by atoms with van der Waals surface area (Å²) in [7, 11) is 0. The lowest BCUT2D eigenvalue weighted by Crippen LogP contribution is -2.62. The van der Waals surface area contributed by atoms with E-state index in [1.807, 2.05) is 6.07 Å². The molecule has 3 heteroatoms. The molecule has 0 unspecified atom stereocenters. The average molecular weight is 335 g/mol. The number of para-hydroxylation sites is 1. The van der Waals surface area contributed by atoms with Crippen LogP contribution in [-0.2, 0) is 11.8 Å². The molecule has 2 bridgehead atoms. The van der Waals surface area contributed by atoms with Crippen LogP contribution < -0.4 is 4.74 Å². The lowest BCUT2D eigenvalue weighted by molar-refractivity contribution is -0.0416. The minimum atomic E-state index is 0.125. The molecule has 2 aliphatic heterocycles. The highest BCUT2D eigenvalue weighted by Crippen LogP contribution is 2.57. The second-order valence-electron chi connectivity index (χ2n) is 7.83. The predicted molar refractivity (Wildman–Crippen MR) is 98.2 cm³/mol. The van der Waals surface area contributed by atoms with E-state index in [4.69, 9.17) is 4.74 Å². The number of nitrogens with zero attached hydrogens (tertiary/aromatic N) is 1. The van der Waals surface area contributed by atoms with E-state index in [2.05, 4.69) is 41.3 Å². The number of benzene rings is 2. The molecule has 0 aromatic heterocycles. The number of phenolic OH excluding ortho intramolecular Hbond substituents is 1. The maximum Gasteiger partial charge on any atom is 0.165 e.